The molecule has 1 fully saturated rings. The monoisotopic (exact) mass is 469 g/mol. The van der Waals surface area contributed by atoms with E-state index < -0.39 is 15.9 Å². The van der Waals surface area contributed by atoms with E-state index >= 15 is 0 Å². The number of carbonyl (C=O) groups excluding carboxylic acids is 1. The Morgan fingerprint density at radius 3 is 2.41 bits per heavy atom. The third kappa shape index (κ3) is 3.88. The van der Waals surface area contributed by atoms with Gasteiger partial charge in [-0.2, -0.15) is 4.31 Å². The number of hydrogen-bond acceptors (Lipinski definition) is 7. The fraction of sp³-hybridized carbons (Fsp3) is 0.182. The molecule has 1 N–H and O–H groups in total. The van der Waals surface area contributed by atoms with Gasteiger partial charge >= 0.3 is 0 Å². The Hall–Kier alpha value is -3.21. The fourth-order valence-electron chi connectivity index (χ4n) is 3.57. The zero-order valence-electron chi connectivity index (χ0n) is 16.9. The van der Waals surface area contributed by atoms with Crippen LogP contribution in [0.3, 0.4) is 0 Å². The summed E-state index contributed by atoms with van der Waals surface area (Å²) in [6, 6.07) is 13.2. The quantitative estimate of drug-likeness (QED) is 0.439. The van der Waals surface area contributed by atoms with Crippen LogP contribution in [0.25, 0.3) is 22.1 Å². The summed E-state index contributed by atoms with van der Waals surface area (Å²) < 4.78 is 38.1. The van der Waals surface area contributed by atoms with E-state index in [-0.39, 0.29) is 10.5 Å². The van der Waals surface area contributed by atoms with Crippen molar-refractivity contribution in [2.75, 3.05) is 18.4 Å². The Morgan fingerprint density at radius 2 is 1.72 bits per heavy atom. The van der Waals surface area contributed by atoms with Gasteiger partial charge < -0.3 is 8.83 Å². The molecule has 164 valence electrons. The summed E-state index contributed by atoms with van der Waals surface area (Å²) in [5.41, 5.74) is 0.787. The van der Waals surface area contributed by atoms with E-state index in [1.54, 1.807) is 48.9 Å². The lowest BCUT2D eigenvalue weighted by atomic mass is 10.2. The molecule has 4 aromatic rings. The number of anilines is 1. The number of aromatic nitrogens is 1. The predicted molar refractivity (Wildman–Crippen MR) is 120 cm³/mol. The summed E-state index contributed by atoms with van der Waals surface area (Å²) in [6.07, 6.45) is 4.80. The van der Waals surface area contributed by atoms with Crippen LogP contribution in [0.4, 0.5) is 5.13 Å². The van der Waals surface area contributed by atoms with Crippen molar-refractivity contribution in [2.45, 2.75) is 17.7 Å². The van der Waals surface area contributed by atoms with E-state index in [4.69, 9.17) is 8.83 Å². The highest BCUT2D eigenvalue weighted by Gasteiger charge is 2.28. The molecule has 0 aliphatic carbocycles. The summed E-state index contributed by atoms with van der Waals surface area (Å²) in [7, 11) is -3.61. The highest BCUT2D eigenvalue weighted by molar-refractivity contribution is 7.89. The standard InChI is InChI=1S/C22H19N3O5S2/c26-21(15-6-3-7-16(14-15)32(27,28)25-10-1-2-11-25)24-22-23-19(17-8-4-12-29-17)20(31-22)18-9-5-13-30-18/h3-9,12-14H,1-2,10-11H2,(H,23,24,26). The number of benzene rings is 1. The Kier molecular flexibility index (Phi) is 5.41. The maximum absolute atomic E-state index is 12.9. The van der Waals surface area contributed by atoms with Crippen molar-refractivity contribution in [1.82, 2.24) is 9.29 Å². The molecule has 0 atom stereocenters. The van der Waals surface area contributed by atoms with Crippen LogP contribution in [0.2, 0.25) is 0 Å². The van der Waals surface area contributed by atoms with Crippen LogP contribution < -0.4 is 5.32 Å². The molecule has 8 nitrogen and oxygen atoms in total. The van der Waals surface area contributed by atoms with Gasteiger partial charge in [0.25, 0.3) is 5.91 Å². The number of thiazole rings is 1. The van der Waals surface area contributed by atoms with E-state index in [1.165, 1.54) is 27.8 Å². The molecule has 0 saturated carbocycles. The molecule has 1 saturated heterocycles. The molecule has 1 aromatic carbocycles. The van der Waals surface area contributed by atoms with Gasteiger partial charge in [0.05, 0.1) is 17.4 Å². The molecular weight excluding hydrogens is 450 g/mol. The first kappa shape index (κ1) is 20.7. The average molecular weight is 470 g/mol. The minimum Gasteiger partial charge on any atom is -0.463 e. The first-order valence-electron chi connectivity index (χ1n) is 10.0. The third-order valence-electron chi connectivity index (χ3n) is 5.15. The molecule has 0 bridgehead atoms. The second-order valence-corrected chi connectivity index (χ2v) is 10.2. The largest absolute Gasteiger partial charge is 0.463 e. The van der Waals surface area contributed by atoms with Crippen LogP contribution >= 0.6 is 11.3 Å². The Bertz CT molecular complexity index is 1280. The summed E-state index contributed by atoms with van der Waals surface area (Å²) in [5.74, 6) is 0.703. The number of nitrogens with zero attached hydrogens (tertiary/aromatic N) is 2. The van der Waals surface area contributed by atoms with Crippen molar-refractivity contribution < 1.29 is 22.0 Å². The van der Waals surface area contributed by atoms with Crippen LogP contribution in [0, 0.1) is 0 Å². The number of sulfonamides is 1. The lowest BCUT2D eigenvalue weighted by molar-refractivity contribution is 0.102. The smallest absolute Gasteiger partial charge is 0.257 e. The number of hydrogen-bond donors (Lipinski definition) is 1. The van der Waals surface area contributed by atoms with Gasteiger partial charge in [-0.1, -0.05) is 17.4 Å². The van der Waals surface area contributed by atoms with Crippen molar-refractivity contribution in [3.05, 3.63) is 66.6 Å². The third-order valence-corrected chi connectivity index (χ3v) is 8.03. The summed E-state index contributed by atoms with van der Waals surface area (Å²) in [6.45, 7) is 1.01. The van der Waals surface area contributed by atoms with Crippen molar-refractivity contribution in [3.8, 4) is 22.1 Å². The predicted octanol–water partition coefficient (Wildman–Crippen LogP) is 4.70. The molecule has 1 amide bonds. The number of nitrogens with one attached hydrogen (secondary N) is 1. The topological polar surface area (TPSA) is 106 Å². The zero-order chi connectivity index (χ0) is 22.1. The van der Waals surface area contributed by atoms with E-state index in [0.717, 1.165) is 12.8 Å². The molecule has 1 aliphatic rings. The van der Waals surface area contributed by atoms with E-state index in [9.17, 15) is 13.2 Å². The minimum atomic E-state index is -3.61. The second kappa shape index (κ2) is 8.38. The average Bonchev–Trinajstić information content (AvgIpc) is 3.60. The Morgan fingerprint density at radius 1 is 1.00 bits per heavy atom. The van der Waals surface area contributed by atoms with Gasteiger partial charge in [0.1, 0.15) is 16.3 Å². The minimum absolute atomic E-state index is 0.110. The van der Waals surface area contributed by atoms with Crippen molar-refractivity contribution >= 4 is 32.4 Å². The summed E-state index contributed by atoms with van der Waals surface area (Å²) >= 11 is 1.25. The number of amides is 1. The maximum atomic E-state index is 12.9. The molecule has 4 heterocycles. The second-order valence-electron chi connectivity index (χ2n) is 7.24. The highest BCUT2D eigenvalue weighted by Crippen LogP contribution is 2.39. The van der Waals surface area contributed by atoms with Gasteiger partial charge in [-0.05, 0) is 55.3 Å². The molecule has 0 spiro atoms. The lowest BCUT2D eigenvalue weighted by Crippen LogP contribution is -2.28. The van der Waals surface area contributed by atoms with E-state index in [2.05, 4.69) is 10.3 Å². The van der Waals surface area contributed by atoms with Crippen LogP contribution in [0.15, 0.2) is 74.8 Å². The first-order chi connectivity index (χ1) is 15.5. The van der Waals surface area contributed by atoms with Gasteiger partial charge in [0.2, 0.25) is 10.0 Å². The summed E-state index contributed by atoms with van der Waals surface area (Å²) in [4.78, 5) is 18.2. The van der Waals surface area contributed by atoms with Crippen molar-refractivity contribution in [2.24, 2.45) is 0 Å². The number of rotatable bonds is 6. The molecule has 1 aliphatic heterocycles. The number of furan rings is 2. The normalized spacial score (nSPS) is 14.6. The van der Waals surface area contributed by atoms with Gasteiger partial charge in [-0.25, -0.2) is 13.4 Å². The molecule has 32 heavy (non-hydrogen) atoms. The zero-order valence-corrected chi connectivity index (χ0v) is 18.5. The maximum Gasteiger partial charge on any atom is 0.257 e. The van der Waals surface area contributed by atoms with Gasteiger partial charge in [-0.3, -0.25) is 10.1 Å². The molecule has 3 aromatic heterocycles. The number of carbonyl (C=O) groups is 1. The fourth-order valence-corrected chi connectivity index (χ4v) is 6.07. The van der Waals surface area contributed by atoms with Gasteiger partial charge in [-0.15, -0.1) is 0 Å². The van der Waals surface area contributed by atoms with Crippen LogP contribution in [-0.4, -0.2) is 36.7 Å². The van der Waals surface area contributed by atoms with Gasteiger partial charge in [0.15, 0.2) is 10.9 Å². The van der Waals surface area contributed by atoms with Crippen molar-refractivity contribution in [1.29, 1.82) is 0 Å². The molecular formula is C22H19N3O5S2. The summed E-state index contributed by atoms with van der Waals surface area (Å²) in [5, 5.41) is 3.12. The van der Waals surface area contributed by atoms with Gasteiger partial charge in [0, 0.05) is 18.7 Å². The lowest BCUT2D eigenvalue weighted by Gasteiger charge is -2.15. The van der Waals surface area contributed by atoms with Crippen LogP contribution in [-0.2, 0) is 10.0 Å². The Labute approximate surface area is 188 Å². The van der Waals surface area contributed by atoms with Crippen LogP contribution in [0.5, 0.6) is 0 Å². The van der Waals surface area contributed by atoms with Crippen LogP contribution in [0.1, 0.15) is 23.2 Å². The molecule has 5 rings (SSSR count). The Balaban J connectivity index is 1.43. The molecule has 10 heteroatoms. The SMILES string of the molecule is O=C(Nc1nc(-c2ccco2)c(-c2ccco2)s1)c1cccc(S(=O)(=O)N2CCCC2)c1. The molecule has 0 unspecified atom stereocenters. The first-order valence-corrected chi connectivity index (χ1v) is 12.3. The highest BCUT2D eigenvalue weighted by atomic mass is 32.2. The van der Waals surface area contributed by atoms with E-state index in [0.29, 0.717) is 40.3 Å². The van der Waals surface area contributed by atoms with Crippen molar-refractivity contribution in [3.63, 3.8) is 0 Å². The van der Waals surface area contributed by atoms with E-state index in [1.807, 2.05) is 0 Å². The molecule has 0 radical (unpaired) electrons.